The number of aliphatic hydroxyl groups is 2. The van der Waals surface area contributed by atoms with Gasteiger partial charge in [-0.25, -0.2) is 0 Å². The molecule has 2 fully saturated rings. The first-order chi connectivity index (χ1) is 17.8. The van der Waals surface area contributed by atoms with Gasteiger partial charge in [-0.3, -0.25) is 9.63 Å². The number of likely N-dealkylation sites (tertiary alicyclic amines) is 1. The Morgan fingerprint density at radius 1 is 1.19 bits per heavy atom. The highest BCUT2D eigenvalue weighted by Crippen LogP contribution is 2.34. The monoisotopic (exact) mass is 551 g/mol. The average molecular weight is 552 g/mol. The summed E-state index contributed by atoms with van der Waals surface area (Å²) in [6, 6.07) is 11.7. The number of nitriles is 1. The Hall–Kier alpha value is -2.78. The van der Waals surface area contributed by atoms with Gasteiger partial charge in [0.2, 0.25) is 0 Å². The fourth-order valence-electron chi connectivity index (χ4n) is 4.04. The molecule has 0 saturated carbocycles. The summed E-state index contributed by atoms with van der Waals surface area (Å²) < 4.78 is 17.0. The summed E-state index contributed by atoms with van der Waals surface area (Å²) in [5.41, 5.74) is 0.171. The minimum Gasteiger partial charge on any atom is -0.490 e. The van der Waals surface area contributed by atoms with Gasteiger partial charge in [0.05, 0.1) is 29.8 Å². The molecule has 0 aliphatic carbocycles. The molecule has 198 valence electrons. The molecule has 0 radical (unpaired) electrons. The number of halogens is 2. The normalized spacial score (nSPS) is 20.5. The van der Waals surface area contributed by atoms with Gasteiger partial charge in [0.15, 0.2) is 6.61 Å². The molecule has 0 spiro atoms. The van der Waals surface area contributed by atoms with Gasteiger partial charge in [-0.1, -0.05) is 23.2 Å². The predicted octanol–water partition coefficient (Wildman–Crippen LogP) is 2.54. The van der Waals surface area contributed by atoms with Crippen LogP contribution >= 0.6 is 23.2 Å². The summed E-state index contributed by atoms with van der Waals surface area (Å²) in [5.74, 6) is 0.633. The van der Waals surface area contributed by atoms with Crippen LogP contribution in [-0.4, -0.2) is 90.4 Å². The number of rotatable bonds is 10. The molecule has 1 amide bonds. The van der Waals surface area contributed by atoms with Gasteiger partial charge < -0.3 is 29.3 Å². The lowest BCUT2D eigenvalue weighted by Crippen LogP contribution is -2.35. The molecule has 2 aliphatic heterocycles. The molecule has 3 atom stereocenters. The van der Waals surface area contributed by atoms with Crippen molar-refractivity contribution in [3.8, 4) is 23.3 Å². The number of carbonyl (C=O) groups excluding carboxylic acids is 1. The number of β-amino-alcohol motifs (C(OH)–C–C–N with tert-alkyl or cyclic N) is 2. The lowest BCUT2D eigenvalue weighted by atomic mass is 10.1. The summed E-state index contributed by atoms with van der Waals surface area (Å²) in [6.45, 7) is 1.13. The highest BCUT2D eigenvalue weighted by Gasteiger charge is 2.30. The van der Waals surface area contributed by atoms with Gasteiger partial charge in [0, 0.05) is 24.2 Å². The number of hydrogen-bond donors (Lipinski definition) is 2. The van der Waals surface area contributed by atoms with E-state index in [1.165, 1.54) is 17.0 Å². The van der Waals surface area contributed by atoms with Crippen molar-refractivity contribution in [2.24, 2.45) is 0 Å². The van der Waals surface area contributed by atoms with Crippen molar-refractivity contribution in [3.63, 3.8) is 0 Å². The smallest absolute Gasteiger partial charge is 0.257 e. The van der Waals surface area contributed by atoms with E-state index >= 15 is 0 Å². The third kappa shape index (κ3) is 7.38. The second kappa shape index (κ2) is 12.6. The highest BCUT2D eigenvalue weighted by molar-refractivity contribution is 6.32. The van der Waals surface area contributed by atoms with Crippen LogP contribution < -0.4 is 14.2 Å². The van der Waals surface area contributed by atoms with Crippen molar-refractivity contribution in [1.29, 1.82) is 5.26 Å². The number of benzene rings is 2. The van der Waals surface area contributed by atoms with Crippen LogP contribution in [0.15, 0.2) is 36.4 Å². The van der Waals surface area contributed by atoms with E-state index in [-0.39, 0.29) is 60.4 Å². The van der Waals surface area contributed by atoms with Crippen LogP contribution in [0.4, 0.5) is 0 Å². The Balaban J connectivity index is 1.36. The van der Waals surface area contributed by atoms with Crippen LogP contribution in [0.1, 0.15) is 16.8 Å². The minimum atomic E-state index is -0.954. The van der Waals surface area contributed by atoms with Crippen LogP contribution in [0.3, 0.4) is 0 Å². The quantitative estimate of drug-likeness (QED) is 0.458. The molecule has 10 nitrogen and oxygen atoms in total. The Morgan fingerprint density at radius 3 is 2.68 bits per heavy atom. The zero-order chi connectivity index (χ0) is 26.4. The summed E-state index contributed by atoms with van der Waals surface area (Å²) in [6.07, 6.45) is -1.27. The van der Waals surface area contributed by atoms with Gasteiger partial charge in [0.25, 0.3) is 5.91 Å². The molecule has 2 aromatic rings. The van der Waals surface area contributed by atoms with Crippen LogP contribution in [0.2, 0.25) is 10.0 Å². The Morgan fingerprint density at radius 2 is 1.97 bits per heavy atom. The Bertz CT molecular complexity index is 1130. The minimum absolute atomic E-state index is 0.142. The van der Waals surface area contributed by atoms with Gasteiger partial charge in [-0.15, -0.1) is 0 Å². The highest BCUT2D eigenvalue weighted by atomic mass is 35.5. The Labute approximate surface area is 224 Å². The van der Waals surface area contributed by atoms with E-state index < -0.39 is 12.2 Å². The van der Waals surface area contributed by atoms with Crippen LogP contribution in [0.5, 0.6) is 17.2 Å². The summed E-state index contributed by atoms with van der Waals surface area (Å²) in [7, 11) is 0. The zero-order valence-corrected chi connectivity index (χ0v) is 21.4. The number of hydroxylamine groups is 2. The lowest BCUT2D eigenvalue weighted by molar-refractivity contribution is -0.131. The molecule has 0 aromatic heterocycles. The molecule has 2 saturated heterocycles. The largest absolute Gasteiger partial charge is 0.490 e. The fraction of sp³-hybridized carbons (Fsp3) is 0.440. The first-order valence-corrected chi connectivity index (χ1v) is 12.5. The van der Waals surface area contributed by atoms with Gasteiger partial charge in [0.1, 0.15) is 48.7 Å². The molecule has 4 rings (SSSR count). The van der Waals surface area contributed by atoms with E-state index in [1.54, 1.807) is 29.3 Å². The van der Waals surface area contributed by atoms with Gasteiger partial charge in [-0.2, -0.15) is 10.3 Å². The lowest BCUT2D eigenvalue weighted by Gasteiger charge is -2.22. The van der Waals surface area contributed by atoms with Crippen molar-refractivity contribution in [3.05, 3.63) is 52.0 Å². The maximum absolute atomic E-state index is 13.1. The van der Waals surface area contributed by atoms with E-state index in [9.17, 15) is 15.0 Å². The maximum atomic E-state index is 13.1. The molecule has 2 heterocycles. The fourth-order valence-corrected chi connectivity index (χ4v) is 4.38. The first kappa shape index (κ1) is 27.3. The van der Waals surface area contributed by atoms with E-state index in [4.69, 9.17) is 47.5 Å². The number of carbonyl (C=O) groups is 1. The summed E-state index contributed by atoms with van der Waals surface area (Å²) in [4.78, 5) is 20.2. The Kier molecular flexibility index (Phi) is 9.32. The summed E-state index contributed by atoms with van der Waals surface area (Å²) in [5, 5.41) is 31.6. The number of nitrogens with zero attached hydrogens (tertiary/aromatic N) is 3. The van der Waals surface area contributed by atoms with Crippen molar-refractivity contribution < 1.29 is 34.1 Å². The van der Waals surface area contributed by atoms with E-state index in [2.05, 4.69) is 0 Å². The SMILES string of the molecule is N#CCOc1cc(OC[C@@H](O)CN2C[C@@H](Oc3ccc(Cl)cc3)CO2)c(C(=O)N2CC[C@H](O)C2)cc1Cl. The second-order valence-electron chi connectivity index (χ2n) is 8.72. The van der Waals surface area contributed by atoms with Gasteiger partial charge in [-0.05, 0) is 36.8 Å². The van der Waals surface area contributed by atoms with Crippen LogP contribution in [0.25, 0.3) is 0 Å². The molecule has 2 aromatic carbocycles. The molecule has 2 N–H and O–H groups in total. The average Bonchev–Trinajstić information content (AvgIpc) is 3.51. The predicted molar refractivity (Wildman–Crippen MR) is 134 cm³/mol. The molecular weight excluding hydrogens is 525 g/mol. The molecule has 37 heavy (non-hydrogen) atoms. The first-order valence-electron chi connectivity index (χ1n) is 11.7. The van der Waals surface area contributed by atoms with Crippen LogP contribution in [0, 0.1) is 11.3 Å². The van der Waals surface area contributed by atoms with Gasteiger partial charge >= 0.3 is 0 Å². The third-order valence-corrected chi connectivity index (χ3v) is 6.37. The zero-order valence-electron chi connectivity index (χ0n) is 19.9. The molecular formula is C25H27Cl2N3O7. The van der Waals surface area contributed by atoms with Crippen molar-refractivity contribution >= 4 is 29.1 Å². The molecule has 0 bridgehead atoms. The van der Waals surface area contributed by atoms with Crippen molar-refractivity contribution in [2.75, 3.05) is 46.0 Å². The van der Waals surface area contributed by atoms with E-state index in [0.717, 1.165) is 0 Å². The molecule has 12 heteroatoms. The number of amides is 1. The molecule has 2 aliphatic rings. The third-order valence-electron chi connectivity index (χ3n) is 5.82. The van der Waals surface area contributed by atoms with E-state index in [1.807, 2.05) is 6.07 Å². The number of aliphatic hydroxyl groups excluding tert-OH is 2. The number of ether oxygens (including phenoxy) is 3. The molecule has 0 unspecified atom stereocenters. The van der Waals surface area contributed by atoms with Crippen molar-refractivity contribution in [1.82, 2.24) is 9.96 Å². The maximum Gasteiger partial charge on any atom is 0.257 e. The van der Waals surface area contributed by atoms with Crippen LogP contribution in [-0.2, 0) is 4.84 Å². The standard InChI is InChI=1S/C25H27Cl2N3O7/c26-16-1-3-19(4-2-16)37-20-13-30(36-15-20)12-18(32)14-35-23-10-24(34-8-6-28)22(27)9-21(23)25(33)29-7-5-17(31)11-29/h1-4,9-10,17-18,20,31-32H,5,7-8,11-15H2/t17-,18-,20+/m0/s1. The second-order valence-corrected chi connectivity index (χ2v) is 9.56. The number of hydrogen-bond acceptors (Lipinski definition) is 9. The van der Waals surface area contributed by atoms with E-state index in [0.29, 0.717) is 36.9 Å². The van der Waals surface area contributed by atoms with Crippen molar-refractivity contribution in [2.45, 2.75) is 24.7 Å². The summed E-state index contributed by atoms with van der Waals surface area (Å²) >= 11 is 12.2. The topological polar surface area (TPSA) is 125 Å².